The van der Waals surface area contributed by atoms with Crippen molar-refractivity contribution in [2.75, 3.05) is 0 Å². The summed E-state index contributed by atoms with van der Waals surface area (Å²) in [4.78, 5) is 0.143. The van der Waals surface area contributed by atoms with E-state index in [1.807, 2.05) is 35.8 Å². The van der Waals surface area contributed by atoms with Crippen LogP contribution in [-0.2, 0) is 22.3 Å². The molecule has 6 nitrogen and oxygen atoms in total. The Bertz CT molecular complexity index is 1090. The first-order valence-electron chi connectivity index (χ1n) is 8.89. The molecule has 154 valence electrons. The molecule has 0 aliphatic heterocycles. The number of rotatable bonds is 8. The maximum Gasteiger partial charge on any atom is 0.241 e. The molecule has 1 N–H and O–H groups in total. The molecule has 0 fully saturated rings. The highest BCUT2D eigenvalue weighted by Gasteiger charge is 2.23. The maximum absolute atomic E-state index is 12.7. The second-order valence-electron chi connectivity index (χ2n) is 6.26. The van der Waals surface area contributed by atoms with Gasteiger partial charge in [-0.3, -0.25) is 0 Å². The Morgan fingerprint density at radius 1 is 1.10 bits per heavy atom. The summed E-state index contributed by atoms with van der Waals surface area (Å²) in [5, 5.41) is 10.4. The minimum absolute atomic E-state index is 0.143. The molecular weight excluding hydrogens is 451 g/mol. The number of hydrogen-bond acceptors (Lipinski definition) is 5. The van der Waals surface area contributed by atoms with Crippen molar-refractivity contribution < 1.29 is 8.42 Å². The zero-order valence-electron chi connectivity index (χ0n) is 15.8. The summed E-state index contributed by atoms with van der Waals surface area (Å²) in [5.74, 6) is 1.19. The van der Waals surface area contributed by atoms with Crippen LogP contribution in [0.5, 0.6) is 0 Å². The van der Waals surface area contributed by atoms with Gasteiger partial charge in [0.1, 0.15) is 0 Å². The molecule has 3 rings (SSSR count). The molecule has 1 atom stereocenters. The standard InChI is InChI=1S/C19H20Cl2N4O2S2/c1-3-25-18(13(2)24-29(26,27)16-10-8-15(20)9-11-16)22-23-19(25)28-12-14-6-4-5-7-17(14)21/h4-11,13,24H,3,12H2,1-2H3. The number of aromatic nitrogens is 3. The SMILES string of the molecule is CCn1c(SCc2ccccc2Cl)nnc1C(C)NS(=O)(=O)c1ccc(Cl)cc1. The van der Waals surface area contributed by atoms with E-state index in [4.69, 9.17) is 23.2 Å². The van der Waals surface area contributed by atoms with Crippen LogP contribution in [0.3, 0.4) is 0 Å². The van der Waals surface area contributed by atoms with Crippen LogP contribution in [0.4, 0.5) is 0 Å². The van der Waals surface area contributed by atoms with Crippen molar-refractivity contribution in [3.05, 3.63) is 70.0 Å². The fraction of sp³-hybridized carbons (Fsp3) is 0.263. The zero-order valence-corrected chi connectivity index (χ0v) is 19.0. The molecule has 3 aromatic rings. The minimum atomic E-state index is -3.72. The van der Waals surface area contributed by atoms with E-state index in [1.54, 1.807) is 19.1 Å². The molecular formula is C19H20Cl2N4O2S2. The molecule has 2 aromatic carbocycles. The van der Waals surface area contributed by atoms with Crippen LogP contribution in [0.25, 0.3) is 0 Å². The number of halogens is 2. The molecule has 0 aliphatic carbocycles. The first-order chi connectivity index (χ1) is 13.8. The molecule has 29 heavy (non-hydrogen) atoms. The van der Waals surface area contributed by atoms with Crippen LogP contribution in [0, 0.1) is 0 Å². The van der Waals surface area contributed by atoms with Gasteiger partial charge in [-0.2, -0.15) is 0 Å². The molecule has 1 unspecified atom stereocenters. The lowest BCUT2D eigenvalue weighted by Gasteiger charge is -2.15. The Balaban J connectivity index is 1.76. The minimum Gasteiger partial charge on any atom is -0.305 e. The average Bonchev–Trinajstić information content (AvgIpc) is 3.10. The molecule has 10 heteroatoms. The van der Waals surface area contributed by atoms with Gasteiger partial charge < -0.3 is 4.57 Å². The molecule has 0 aliphatic rings. The van der Waals surface area contributed by atoms with E-state index in [-0.39, 0.29) is 4.90 Å². The van der Waals surface area contributed by atoms with Crippen molar-refractivity contribution in [3.8, 4) is 0 Å². The number of nitrogens with one attached hydrogen (secondary N) is 1. The number of sulfonamides is 1. The van der Waals surface area contributed by atoms with Gasteiger partial charge in [-0.05, 0) is 49.7 Å². The van der Waals surface area contributed by atoms with E-state index >= 15 is 0 Å². The third-order valence-corrected chi connectivity index (χ3v) is 7.41. The summed E-state index contributed by atoms with van der Waals surface area (Å²) in [6, 6.07) is 13.1. The average molecular weight is 471 g/mol. The highest BCUT2D eigenvalue weighted by molar-refractivity contribution is 7.98. The maximum atomic E-state index is 12.7. The molecule has 0 spiro atoms. The summed E-state index contributed by atoms with van der Waals surface area (Å²) in [6.07, 6.45) is 0. The van der Waals surface area contributed by atoms with Gasteiger partial charge >= 0.3 is 0 Å². The van der Waals surface area contributed by atoms with Gasteiger partial charge in [0, 0.05) is 22.3 Å². The second-order valence-corrected chi connectivity index (χ2v) is 9.76. The van der Waals surface area contributed by atoms with Gasteiger partial charge in [-0.25, -0.2) is 13.1 Å². The van der Waals surface area contributed by atoms with E-state index in [9.17, 15) is 8.42 Å². The topological polar surface area (TPSA) is 76.9 Å². The molecule has 0 saturated heterocycles. The van der Waals surface area contributed by atoms with Crippen molar-refractivity contribution in [1.82, 2.24) is 19.5 Å². The largest absolute Gasteiger partial charge is 0.305 e. The molecule has 1 aromatic heterocycles. The van der Waals surface area contributed by atoms with Crippen LogP contribution >= 0.6 is 35.0 Å². The Morgan fingerprint density at radius 2 is 1.79 bits per heavy atom. The predicted octanol–water partition coefficient (Wildman–Crippen LogP) is 4.94. The van der Waals surface area contributed by atoms with E-state index in [0.717, 1.165) is 5.56 Å². The van der Waals surface area contributed by atoms with Gasteiger partial charge in [0.05, 0.1) is 10.9 Å². The van der Waals surface area contributed by atoms with Crippen LogP contribution in [0.15, 0.2) is 58.6 Å². The van der Waals surface area contributed by atoms with Crippen LogP contribution in [-0.4, -0.2) is 23.2 Å². The Morgan fingerprint density at radius 3 is 2.45 bits per heavy atom. The Hall–Kier alpha value is -1.58. The lowest BCUT2D eigenvalue weighted by Crippen LogP contribution is -2.29. The van der Waals surface area contributed by atoms with E-state index in [1.165, 1.54) is 23.9 Å². The Labute approximate surface area is 184 Å². The van der Waals surface area contributed by atoms with Crippen molar-refractivity contribution >= 4 is 45.0 Å². The normalized spacial score (nSPS) is 12.8. The smallest absolute Gasteiger partial charge is 0.241 e. The molecule has 0 amide bonds. The molecule has 0 bridgehead atoms. The summed E-state index contributed by atoms with van der Waals surface area (Å²) in [5.41, 5.74) is 1.00. The van der Waals surface area contributed by atoms with Crippen LogP contribution in [0.2, 0.25) is 10.0 Å². The van der Waals surface area contributed by atoms with Crippen molar-refractivity contribution in [1.29, 1.82) is 0 Å². The van der Waals surface area contributed by atoms with Gasteiger partial charge in [0.25, 0.3) is 0 Å². The van der Waals surface area contributed by atoms with Crippen LogP contribution in [0.1, 0.15) is 31.3 Å². The van der Waals surface area contributed by atoms with Crippen molar-refractivity contribution in [2.45, 2.75) is 42.2 Å². The van der Waals surface area contributed by atoms with E-state index < -0.39 is 16.1 Å². The van der Waals surface area contributed by atoms with Crippen molar-refractivity contribution in [3.63, 3.8) is 0 Å². The molecule has 0 radical (unpaired) electrons. The number of nitrogens with zero attached hydrogens (tertiary/aromatic N) is 3. The predicted molar refractivity (Wildman–Crippen MR) is 117 cm³/mol. The fourth-order valence-corrected chi connectivity index (χ4v) is 5.37. The quantitative estimate of drug-likeness (QED) is 0.471. The lowest BCUT2D eigenvalue weighted by atomic mass is 10.2. The number of hydrogen-bond donors (Lipinski definition) is 1. The summed E-state index contributed by atoms with van der Waals surface area (Å²) < 4.78 is 29.9. The Kier molecular flexibility index (Phi) is 7.23. The zero-order chi connectivity index (χ0) is 21.0. The number of thioether (sulfide) groups is 1. The van der Waals surface area contributed by atoms with E-state index in [2.05, 4.69) is 14.9 Å². The van der Waals surface area contributed by atoms with E-state index in [0.29, 0.717) is 33.3 Å². The fourth-order valence-electron chi connectivity index (χ4n) is 2.75. The third-order valence-electron chi connectivity index (χ3n) is 4.22. The molecule has 0 saturated carbocycles. The first-order valence-corrected chi connectivity index (χ1v) is 12.1. The van der Waals surface area contributed by atoms with Gasteiger partial charge in [0.15, 0.2) is 11.0 Å². The number of benzene rings is 2. The van der Waals surface area contributed by atoms with Crippen molar-refractivity contribution in [2.24, 2.45) is 0 Å². The monoisotopic (exact) mass is 470 g/mol. The van der Waals surface area contributed by atoms with Crippen LogP contribution < -0.4 is 4.72 Å². The summed E-state index contributed by atoms with van der Waals surface area (Å²) in [6.45, 7) is 4.32. The molecule has 1 heterocycles. The summed E-state index contributed by atoms with van der Waals surface area (Å²) in [7, 11) is -3.72. The lowest BCUT2D eigenvalue weighted by molar-refractivity contribution is 0.539. The van der Waals surface area contributed by atoms with Gasteiger partial charge in [-0.15, -0.1) is 10.2 Å². The second kappa shape index (κ2) is 9.49. The highest BCUT2D eigenvalue weighted by atomic mass is 35.5. The summed E-state index contributed by atoms with van der Waals surface area (Å²) >= 11 is 13.6. The third kappa shape index (κ3) is 5.32. The van der Waals surface area contributed by atoms with Gasteiger partial charge in [0.2, 0.25) is 10.0 Å². The highest BCUT2D eigenvalue weighted by Crippen LogP contribution is 2.27. The van der Waals surface area contributed by atoms with Gasteiger partial charge in [-0.1, -0.05) is 53.2 Å². The first kappa shape index (κ1) is 22.1.